The molecule has 0 aromatic heterocycles. The second kappa shape index (κ2) is 3.49. The molecule has 0 spiro atoms. The summed E-state index contributed by atoms with van der Waals surface area (Å²) in [5.41, 5.74) is 0. The summed E-state index contributed by atoms with van der Waals surface area (Å²) in [7, 11) is 1.77. The molecule has 0 aliphatic carbocycles. The molecule has 0 aromatic carbocycles. The van der Waals surface area contributed by atoms with Crippen molar-refractivity contribution in [1.29, 1.82) is 0 Å². The summed E-state index contributed by atoms with van der Waals surface area (Å²) in [4.78, 5) is 4.06. The molecular formula is C6H10N2OS2. The predicted molar refractivity (Wildman–Crippen MR) is 52.1 cm³/mol. The van der Waals surface area contributed by atoms with Gasteiger partial charge >= 0.3 is 0 Å². The van der Waals surface area contributed by atoms with E-state index in [9.17, 15) is 0 Å². The maximum absolute atomic E-state index is 8.36. The van der Waals surface area contributed by atoms with Crippen LogP contribution < -0.4 is 0 Å². The summed E-state index contributed by atoms with van der Waals surface area (Å²) in [5, 5.41) is 11.4. The van der Waals surface area contributed by atoms with Crippen LogP contribution in [0.1, 0.15) is 6.92 Å². The third-order valence-electron chi connectivity index (χ3n) is 1.32. The molecule has 0 radical (unpaired) electrons. The number of aliphatic imine (C=N–C) groups is 1. The van der Waals surface area contributed by atoms with Crippen LogP contribution in [0.5, 0.6) is 0 Å². The normalized spacial score (nSPS) is 35.6. The van der Waals surface area contributed by atoms with Gasteiger partial charge in [0.15, 0.2) is 0 Å². The second-order valence-corrected chi connectivity index (χ2v) is 5.18. The highest BCUT2D eigenvalue weighted by Gasteiger charge is 2.32. The van der Waals surface area contributed by atoms with Crippen molar-refractivity contribution < 1.29 is 5.21 Å². The second-order valence-electron chi connectivity index (χ2n) is 2.44. The van der Waals surface area contributed by atoms with E-state index in [1.165, 1.54) is 0 Å². The van der Waals surface area contributed by atoms with Gasteiger partial charge in [0.25, 0.3) is 0 Å². The summed E-state index contributed by atoms with van der Waals surface area (Å²) in [6, 6.07) is 0. The molecule has 1 atom stereocenters. The molecule has 1 aliphatic heterocycles. The zero-order chi connectivity index (χ0) is 8.32. The van der Waals surface area contributed by atoms with Gasteiger partial charge in [-0.3, -0.25) is 4.99 Å². The predicted octanol–water partition coefficient (Wildman–Crippen LogP) is 1.67. The smallest absolute Gasteiger partial charge is 0.125 e. The quantitative estimate of drug-likeness (QED) is 0.388. The number of rotatable bonds is 1. The maximum atomic E-state index is 8.36. The fourth-order valence-electron chi connectivity index (χ4n) is 0.759. The molecule has 0 aromatic rings. The molecule has 1 saturated heterocycles. The Balaban J connectivity index is 2.65. The lowest BCUT2D eigenvalue weighted by atomic mass is 10.2. The van der Waals surface area contributed by atoms with E-state index in [-0.39, 0.29) is 4.75 Å². The summed E-state index contributed by atoms with van der Waals surface area (Å²) in [5.74, 6) is 0.925. The van der Waals surface area contributed by atoms with Gasteiger partial charge in [-0.15, -0.1) is 5.16 Å². The van der Waals surface area contributed by atoms with Crippen LogP contribution in [0.3, 0.4) is 0 Å². The molecule has 1 aliphatic rings. The molecule has 0 unspecified atom stereocenters. The van der Waals surface area contributed by atoms with E-state index in [2.05, 4.69) is 10.1 Å². The van der Waals surface area contributed by atoms with Gasteiger partial charge in [0.2, 0.25) is 0 Å². The molecule has 1 rings (SSSR count). The summed E-state index contributed by atoms with van der Waals surface area (Å²) < 4.78 is 0.987. The van der Waals surface area contributed by atoms with Gasteiger partial charge in [-0.25, -0.2) is 0 Å². The molecule has 62 valence electrons. The zero-order valence-electron chi connectivity index (χ0n) is 6.44. The van der Waals surface area contributed by atoms with E-state index in [1.807, 2.05) is 6.92 Å². The highest BCUT2D eigenvalue weighted by molar-refractivity contribution is 8.42. The Morgan fingerprint density at radius 1 is 1.73 bits per heavy atom. The molecule has 3 nitrogen and oxygen atoms in total. The molecule has 5 heteroatoms. The molecule has 0 amide bonds. The summed E-state index contributed by atoms with van der Waals surface area (Å²) >= 11 is 3.34. The molecule has 11 heavy (non-hydrogen) atoms. The van der Waals surface area contributed by atoms with E-state index >= 15 is 0 Å². The van der Waals surface area contributed by atoms with Gasteiger partial charge in [-0.2, -0.15) is 0 Å². The van der Waals surface area contributed by atoms with Gasteiger partial charge in [-0.1, -0.05) is 23.5 Å². The number of hydrogen-bond acceptors (Lipinski definition) is 5. The first-order chi connectivity index (χ1) is 5.20. The maximum Gasteiger partial charge on any atom is 0.125 e. The van der Waals surface area contributed by atoms with E-state index < -0.39 is 0 Å². The van der Waals surface area contributed by atoms with Crippen LogP contribution in [0, 0.1) is 0 Å². The lowest BCUT2D eigenvalue weighted by Gasteiger charge is -2.11. The Morgan fingerprint density at radius 3 is 2.91 bits per heavy atom. The van der Waals surface area contributed by atoms with Crippen LogP contribution in [0.15, 0.2) is 10.1 Å². The Kier molecular flexibility index (Phi) is 2.84. The highest BCUT2D eigenvalue weighted by atomic mass is 32.2. The summed E-state index contributed by atoms with van der Waals surface area (Å²) in [6.07, 6.45) is 1.56. The summed E-state index contributed by atoms with van der Waals surface area (Å²) in [6.45, 7) is 2.03. The number of oxime groups is 1. The molecule has 1 fully saturated rings. The number of nitrogens with zero attached hydrogens (tertiary/aromatic N) is 2. The highest BCUT2D eigenvalue weighted by Crippen LogP contribution is 2.40. The standard InChI is InChI=1S/C6H10N2OS2/c1-6(3-8-9)4-10-5(7-2)11-6/h3,9H,4H2,1-2H3/t6-/m0/s1. The first kappa shape index (κ1) is 8.93. The minimum absolute atomic E-state index is 0.0751. The third kappa shape index (κ3) is 2.13. The lowest BCUT2D eigenvalue weighted by molar-refractivity contribution is 0.320. The topological polar surface area (TPSA) is 45.0 Å². The molecule has 1 heterocycles. The monoisotopic (exact) mass is 190 g/mol. The van der Waals surface area contributed by atoms with Crippen molar-refractivity contribution in [2.24, 2.45) is 10.1 Å². The van der Waals surface area contributed by atoms with Crippen LogP contribution in [0.4, 0.5) is 0 Å². The first-order valence-electron chi connectivity index (χ1n) is 3.17. The van der Waals surface area contributed by atoms with Crippen LogP contribution >= 0.6 is 23.5 Å². The first-order valence-corrected chi connectivity index (χ1v) is 4.97. The van der Waals surface area contributed by atoms with Gasteiger partial charge in [0, 0.05) is 12.8 Å². The van der Waals surface area contributed by atoms with Crippen LogP contribution in [0.2, 0.25) is 0 Å². The van der Waals surface area contributed by atoms with Gasteiger partial charge in [-0.05, 0) is 6.92 Å². The van der Waals surface area contributed by atoms with Gasteiger partial charge in [0.05, 0.1) is 11.0 Å². The third-order valence-corrected chi connectivity index (χ3v) is 4.35. The van der Waals surface area contributed by atoms with Crippen molar-refractivity contribution in [2.45, 2.75) is 11.7 Å². The van der Waals surface area contributed by atoms with E-state index in [0.29, 0.717) is 0 Å². The largest absolute Gasteiger partial charge is 0.411 e. The molecule has 0 saturated carbocycles. The van der Waals surface area contributed by atoms with Crippen molar-refractivity contribution >= 4 is 34.1 Å². The fourth-order valence-corrected chi connectivity index (χ4v) is 3.36. The van der Waals surface area contributed by atoms with Crippen LogP contribution in [-0.4, -0.2) is 33.3 Å². The Bertz CT molecular complexity index is 205. The van der Waals surface area contributed by atoms with Crippen LogP contribution in [0.25, 0.3) is 0 Å². The fraction of sp³-hybridized carbons (Fsp3) is 0.667. The Hall–Kier alpha value is -0.160. The van der Waals surface area contributed by atoms with Crippen molar-refractivity contribution in [3.05, 3.63) is 0 Å². The Morgan fingerprint density at radius 2 is 2.45 bits per heavy atom. The van der Waals surface area contributed by atoms with Gasteiger partial charge in [0.1, 0.15) is 4.38 Å². The van der Waals surface area contributed by atoms with Crippen LogP contribution in [-0.2, 0) is 0 Å². The number of thioether (sulfide) groups is 2. The molecule has 0 bridgehead atoms. The van der Waals surface area contributed by atoms with Crippen molar-refractivity contribution in [3.63, 3.8) is 0 Å². The van der Waals surface area contributed by atoms with E-state index in [4.69, 9.17) is 5.21 Å². The minimum atomic E-state index is -0.0751. The Labute approximate surface area is 74.3 Å². The average Bonchev–Trinajstić information content (AvgIpc) is 2.33. The molecular weight excluding hydrogens is 180 g/mol. The molecule has 1 N–H and O–H groups in total. The number of hydrogen-bond donors (Lipinski definition) is 1. The SMILES string of the molecule is CN=C1SC[C@](C)(C=NO)S1. The zero-order valence-corrected chi connectivity index (χ0v) is 8.08. The lowest BCUT2D eigenvalue weighted by Crippen LogP contribution is -2.21. The van der Waals surface area contributed by atoms with Crippen molar-refractivity contribution in [2.75, 3.05) is 12.8 Å². The van der Waals surface area contributed by atoms with Crippen molar-refractivity contribution in [3.8, 4) is 0 Å². The van der Waals surface area contributed by atoms with E-state index in [1.54, 1.807) is 36.8 Å². The van der Waals surface area contributed by atoms with E-state index in [0.717, 1.165) is 10.1 Å². The minimum Gasteiger partial charge on any atom is -0.411 e. The van der Waals surface area contributed by atoms with Crippen molar-refractivity contribution in [1.82, 2.24) is 0 Å². The van der Waals surface area contributed by atoms with Gasteiger partial charge < -0.3 is 5.21 Å². The average molecular weight is 190 g/mol.